The minimum atomic E-state index is -1.14. The van der Waals surface area contributed by atoms with Gasteiger partial charge in [-0.05, 0) is 36.3 Å². The van der Waals surface area contributed by atoms with Crippen LogP contribution in [0.4, 0.5) is 9.59 Å². The van der Waals surface area contributed by atoms with Gasteiger partial charge in [0.05, 0.1) is 0 Å². The summed E-state index contributed by atoms with van der Waals surface area (Å²) in [6.07, 6.45) is 0.423. The monoisotopic (exact) mass is 527 g/mol. The zero-order valence-electron chi connectivity index (χ0n) is 21.9. The number of rotatable bonds is 15. The first-order chi connectivity index (χ1) is 18.3. The first-order valence-electron chi connectivity index (χ1n) is 12.7. The summed E-state index contributed by atoms with van der Waals surface area (Å²) in [5.74, 6) is -2.05. The van der Waals surface area contributed by atoms with Crippen LogP contribution in [0.1, 0.15) is 50.7 Å². The minimum Gasteiger partial charge on any atom is -0.480 e. The molecule has 2 aromatic rings. The van der Waals surface area contributed by atoms with Crippen LogP contribution in [0.2, 0.25) is 0 Å². The Kier molecular flexibility index (Phi) is 13.2. The molecule has 4 N–H and O–H groups in total. The number of aliphatic carboxylic acids is 1. The number of amides is 3. The van der Waals surface area contributed by atoms with E-state index < -0.39 is 36.1 Å². The average Bonchev–Trinajstić information content (AvgIpc) is 2.93. The number of unbranched alkanes of at least 4 members (excludes halogenated alkanes) is 1. The van der Waals surface area contributed by atoms with Crippen molar-refractivity contribution in [3.8, 4) is 0 Å². The zero-order valence-corrected chi connectivity index (χ0v) is 21.9. The number of benzene rings is 2. The number of ether oxygens (including phenoxy) is 2. The zero-order chi connectivity index (χ0) is 27.8. The van der Waals surface area contributed by atoms with Gasteiger partial charge in [0.2, 0.25) is 5.91 Å². The molecule has 0 aliphatic carbocycles. The quantitative estimate of drug-likeness (QED) is 0.256. The number of carbonyl (C=O) groups excluding carboxylic acids is 3. The van der Waals surface area contributed by atoms with E-state index in [1.165, 1.54) is 0 Å². The lowest BCUT2D eigenvalue weighted by atomic mass is 9.98. The average molecular weight is 528 g/mol. The lowest BCUT2D eigenvalue weighted by molar-refractivity contribution is -0.143. The van der Waals surface area contributed by atoms with E-state index in [1.54, 1.807) is 19.1 Å². The smallest absolute Gasteiger partial charge is 0.408 e. The largest absolute Gasteiger partial charge is 0.480 e. The fraction of sp³-hybridized carbons (Fsp3) is 0.429. The van der Waals surface area contributed by atoms with E-state index in [4.69, 9.17) is 9.47 Å². The van der Waals surface area contributed by atoms with E-state index in [9.17, 15) is 24.3 Å². The van der Waals surface area contributed by atoms with Crippen LogP contribution in [-0.4, -0.2) is 47.8 Å². The van der Waals surface area contributed by atoms with Crippen molar-refractivity contribution in [2.75, 3.05) is 6.54 Å². The molecule has 206 valence electrons. The number of hydrogen-bond donors (Lipinski definition) is 4. The van der Waals surface area contributed by atoms with Gasteiger partial charge in [-0.3, -0.25) is 4.79 Å². The first kappa shape index (κ1) is 30.1. The topological polar surface area (TPSA) is 143 Å². The van der Waals surface area contributed by atoms with E-state index in [0.717, 1.165) is 11.1 Å². The van der Waals surface area contributed by atoms with E-state index >= 15 is 0 Å². The molecular formula is C28H37N3O7. The highest BCUT2D eigenvalue weighted by Gasteiger charge is 2.29. The Bertz CT molecular complexity index is 1020. The van der Waals surface area contributed by atoms with Crippen molar-refractivity contribution in [2.24, 2.45) is 5.92 Å². The highest BCUT2D eigenvalue weighted by molar-refractivity contribution is 5.89. The lowest BCUT2D eigenvalue weighted by Crippen LogP contribution is -2.53. The van der Waals surface area contributed by atoms with Crippen molar-refractivity contribution >= 4 is 24.1 Å². The van der Waals surface area contributed by atoms with Crippen molar-refractivity contribution in [3.63, 3.8) is 0 Å². The molecule has 0 aromatic heterocycles. The van der Waals surface area contributed by atoms with E-state index in [1.807, 2.05) is 55.5 Å². The predicted octanol–water partition coefficient (Wildman–Crippen LogP) is 3.99. The number of nitrogens with one attached hydrogen (secondary N) is 3. The number of carboxylic acid groups (broad SMARTS) is 1. The molecule has 0 heterocycles. The van der Waals surface area contributed by atoms with Crippen LogP contribution in [0.3, 0.4) is 0 Å². The summed E-state index contributed by atoms with van der Waals surface area (Å²) in [4.78, 5) is 48.9. The third kappa shape index (κ3) is 11.3. The Hall–Kier alpha value is -4.08. The second kappa shape index (κ2) is 16.6. The molecule has 0 fully saturated rings. The van der Waals surface area contributed by atoms with Crippen LogP contribution in [0, 0.1) is 5.92 Å². The third-order valence-electron chi connectivity index (χ3n) is 6.00. The fourth-order valence-corrected chi connectivity index (χ4v) is 3.55. The Labute approximate surface area is 223 Å². The Morgan fingerprint density at radius 3 is 1.89 bits per heavy atom. The molecule has 3 amide bonds. The minimum absolute atomic E-state index is 0.0284. The van der Waals surface area contributed by atoms with Crippen LogP contribution in [0.5, 0.6) is 0 Å². The van der Waals surface area contributed by atoms with Crippen molar-refractivity contribution in [1.29, 1.82) is 0 Å². The summed E-state index contributed by atoms with van der Waals surface area (Å²) < 4.78 is 10.4. The molecule has 0 radical (unpaired) electrons. The molecule has 0 aliphatic heterocycles. The van der Waals surface area contributed by atoms with Gasteiger partial charge in [0.15, 0.2) is 0 Å². The van der Waals surface area contributed by atoms with Gasteiger partial charge in [-0.15, -0.1) is 0 Å². The molecule has 3 atom stereocenters. The molecule has 10 nitrogen and oxygen atoms in total. The third-order valence-corrected chi connectivity index (χ3v) is 6.00. The van der Waals surface area contributed by atoms with Crippen molar-refractivity contribution in [1.82, 2.24) is 16.0 Å². The molecule has 0 saturated carbocycles. The Balaban J connectivity index is 1.85. The fourth-order valence-electron chi connectivity index (χ4n) is 3.55. The molecule has 0 spiro atoms. The molecule has 2 aromatic carbocycles. The van der Waals surface area contributed by atoms with Crippen molar-refractivity contribution in [2.45, 2.75) is 64.8 Å². The summed E-state index contributed by atoms with van der Waals surface area (Å²) in [5, 5.41) is 17.3. The van der Waals surface area contributed by atoms with Crippen molar-refractivity contribution in [3.05, 3.63) is 71.8 Å². The van der Waals surface area contributed by atoms with Gasteiger partial charge >= 0.3 is 18.2 Å². The summed E-state index contributed by atoms with van der Waals surface area (Å²) in [6.45, 7) is 4.07. The second-order valence-electron chi connectivity index (χ2n) is 8.95. The van der Waals surface area contributed by atoms with Gasteiger partial charge in [0.25, 0.3) is 0 Å². The molecule has 10 heteroatoms. The normalized spacial score (nSPS) is 12.9. The number of hydrogen-bond acceptors (Lipinski definition) is 6. The second-order valence-corrected chi connectivity index (χ2v) is 8.95. The number of alkyl carbamates (subject to hydrolysis) is 2. The maximum atomic E-state index is 12.9. The summed E-state index contributed by atoms with van der Waals surface area (Å²) in [6, 6.07) is 16.3. The molecule has 0 aliphatic rings. The Morgan fingerprint density at radius 2 is 1.37 bits per heavy atom. The summed E-state index contributed by atoms with van der Waals surface area (Å²) >= 11 is 0. The standard InChI is InChI=1S/C28H37N3O7/c1-3-20(2)24(26(33)34)31-25(32)23(30-28(36)38-19-22-14-8-5-9-15-22)16-10-11-17-29-27(35)37-18-21-12-6-4-7-13-21/h4-9,12-15,20,23-24H,3,10-11,16-19H2,1-2H3,(H,29,35)(H,30,36)(H,31,32)(H,33,34)/t20-,23-,24+/m1/s1. The Morgan fingerprint density at radius 1 is 0.816 bits per heavy atom. The maximum absolute atomic E-state index is 12.9. The highest BCUT2D eigenvalue weighted by Crippen LogP contribution is 2.10. The summed E-state index contributed by atoms with van der Waals surface area (Å²) in [7, 11) is 0. The SMILES string of the molecule is CC[C@@H](C)[C@H](NC(=O)[C@@H](CCCCNC(=O)OCc1ccccc1)NC(=O)OCc1ccccc1)C(=O)O. The molecule has 0 unspecified atom stereocenters. The number of carboxylic acids is 1. The van der Waals surface area contributed by atoms with Crippen LogP contribution < -0.4 is 16.0 Å². The van der Waals surface area contributed by atoms with Gasteiger partial charge in [-0.2, -0.15) is 0 Å². The summed E-state index contributed by atoms with van der Waals surface area (Å²) in [5.41, 5.74) is 1.66. The van der Waals surface area contributed by atoms with Crippen LogP contribution in [-0.2, 0) is 32.3 Å². The van der Waals surface area contributed by atoms with Crippen LogP contribution in [0.15, 0.2) is 60.7 Å². The van der Waals surface area contributed by atoms with E-state index in [0.29, 0.717) is 25.8 Å². The molecule has 0 saturated heterocycles. The van der Waals surface area contributed by atoms with Gasteiger partial charge < -0.3 is 30.5 Å². The van der Waals surface area contributed by atoms with Crippen LogP contribution >= 0.6 is 0 Å². The van der Waals surface area contributed by atoms with Crippen LogP contribution in [0.25, 0.3) is 0 Å². The molecule has 2 rings (SSSR count). The lowest BCUT2D eigenvalue weighted by Gasteiger charge is -2.24. The molecule has 0 bridgehead atoms. The molecule has 38 heavy (non-hydrogen) atoms. The first-order valence-corrected chi connectivity index (χ1v) is 12.7. The van der Waals surface area contributed by atoms with Gasteiger partial charge in [0, 0.05) is 6.54 Å². The van der Waals surface area contributed by atoms with Gasteiger partial charge in [-0.1, -0.05) is 80.9 Å². The van der Waals surface area contributed by atoms with Gasteiger partial charge in [-0.25, -0.2) is 14.4 Å². The van der Waals surface area contributed by atoms with Gasteiger partial charge in [0.1, 0.15) is 25.3 Å². The highest BCUT2D eigenvalue weighted by atomic mass is 16.6. The number of carbonyl (C=O) groups is 4. The maximum Gasteiger partial charge on any atom is 0.408 e. The van der Waals surface area contributed by atoms with Crippen molar-refractivity contribution < 1.29 is 33.8 Å². The molecular weight excluding hydrogens is 490 g/mol. The predicted molar refractivity (Wildman–Crippen MR) is 141 cm³/mol. The van der Waals surface area contributed by atoms with E-state index in [2.05, 4.69) is 16.0 Å². The van der Waals surface area contributed by atoms with E-state index in [-0.39, 0.29) is 25.6 Å².